The van der Waals surface area contributed by atoms with Crippen molar-refractivity contribution in [2.75, 3.05) is 6.54 Å². The predicted octanol–water partition coefficient (Wildman–Crippen LogP) is 3.49. The number of nitrogens with one attached hydrogen (secondary N) is 1. The second-order valence-corrected chi connectivity index (χ2v) is 6.49. The molecule has 0 aliphatic carbocycles. The van der Waals surface area contributed by atoms with Crippen molar-refractivity contribution in [3.63, 3.8) is 0 Å². The zero-order chi connectivity index (χ0) is 14.9. The smallest absolute Gasteiger partial charge is 0.0958 e. The molecule has 1 heterocycles. The minimum atomic E-state index is 0.171. The Morgan fingerprint density at radius 1 is 1.20 bits per heavy atom. The van der Waals surface area contributed by atoms with Gasteiger partial charge in [-0.1, -0.05) is 39.0 Å². The van der Waals surface area contributed by atoms with Crippen molar-refractivity contribution in [2.45, 2.75) is 46.5 Å². The van der Waals surface area contributed by atoms with E-state index in [1.807, 2.05) is 0 Å². The van der Waals surface area contributed by atoms with E-state index in [0.717, 1.165) is 17.8 Å². The monoisotopic (exact) mass is 271 g/mol. The van der Waals surface area contributed by atoms with Crippen LogP contribution in [0.3, 0.4) is 0 Å². The number of benzene rings is 1. The fourth-order valence-electron chi connectivity index (χ4n) is 2.52. The van der Waals surface area contributed by atoms with Crippen LogP contribution in [0.5, 0.6) is 0 Å². The topological polar surface area (TPSA) is 54.7 Å². The summed E-state index contributed by atoms with van der Waals surface area (Å²) in [6.45, 7) is 11.6. The minimum absolute atomic E-state index is 0.171. The normalized spacial score (nSPS) is 11.9. The quantitative estimate of drug-likeness (QED) is 0.897. The van der Waals surface area contributed by atoms with Gasteiger partial charge in [-0.3, -0.25) is 5.10 Å². The third kappa shape index (κ3) is 2.78. The van der Waals surface area contributed by atoms with Crippen LogP contribution < -0.4 is 5.73 Å². The molecule has 0 saturated carbocycles. The summed E-state index contributed by atoms with van der Waals surface area (Å²) in [7, 11) is 0. The highest BCUT2D eigenvalue weighted by molar-refractivity contribution is 5.68. The first kappa shape index (κ1) is 14.8. The first-order chi connectivity index (χ1) is 9.34. The van der Waals surface area contributed by atoms with Crippen molar-refractivity contribution in [2.24, 2.45) is 5.73 Å². The molecule has 0 spiro atoms. The fraction of sp³-hybridized carbons (Fsp3) is 0.471. The van der Waals surface area contributed by atoms with E-state index in [4.69, 9.17) is 5.73 Å². The van der Waals surface area contributed by atoms with E-state index in [1.54, 1.807) is 0 Å². The molecule has 108 valence electrons. The highest BCUT2D eigenvalue weighted by Gasteiger charge is 2.17. The number of nitrogens with zero attached hydrogens (tertiary/aromatic N) is 1. The average Bonchev–Trinajstić information content (AvgIpc) is 2.71. The van der Waals surface area contributed by atoms with Crippen molar-refractivity contribution in [1.82, 2.24) is 10.2 Å². The Balaban J connectivity index is 2.49. The molecule has 0 radical (unpaired) electrons. The third-order valence-corrected chi connectivity index (χ3v) is 3.82. The number of aromatic nitrogens is 2. The standard InChI is InChI=1S/C17H25N3/c1-11-10-13(17(3,4)5)6-7-14(11)16-15(8-9-18)12(2)19-20-16/h6-7,10H,8-9,18H2,1-5H3,(H,19,20). The van der Waals surface area contributed by atoms with Crippen molar-refractivity contribution in [1.29, 1.82) is 0 Å². The summed E-state index contributed by atoms with van der Waals surface area (Å²) < 4.78 is 0. The first-order valence-electron chi connectivity index (χ1n) is 7.20. The van der Waals surface area contributed by atoms with Gasteiger partial charge in [-0.15, -0.1) is 0 Å². The lowest BCUT2D eigenvalue weighted by molar-refractivity contribution is 0.590. The molecule has 0 saturated heterocycles. The van der Waals surface area contributed by atoms with Gasteiger partial charge in [-0.2, -0.15) is 5.10 Å². The Labute approximate surface area is 121 Å². The highest BCUT2D eigenvalue weighted by Crippen LogP contribution is 2.31. The lowest BCUT2D eigenvalue weighted by Gasteiger charge is -2.20. The second-order valence-electron chi connectivity index (χ2n) is 6.49. The minimum Gasteiger partial charge on any atom is -0.330 e. The molecule has 0 atom stereocenters. The van der Waals surface area contributed by atoms with Gasteiger partial charge in [0.05, 0.1) is 5.69 Å². The number of nitrogens with two attached hydrogens (primary N) is 1. The maximum atomic E-state index is 5.71. The molecule has 0 unspecified atom stereocenters. The van der Waals surface area contributed by atoms with Crippen LogP contribution in [0.15, 0.2) is 18.2 Å². The van der Waals surface area contributed by atoms with Gasteiger partial charge in [0.15, 0.2) is 0 Å². The summed E-state index contributed by atoms with van der Waals surface area (Å²) >= 11 is 0. The molecule has 1 aromatic heterocycles. The Morgan fingerprint density at radius 2 is 1.90 bits per heavy atom. The largest absolute Gasteiger partial charge is 0.330 e. The molecule has 0 bridgehead atoms. The zero-order valence-electron chi connectivity index (χ0n) is 13.2. The lowest BCUT2D eigenvalue weighted by atomic mass is 9.85. The number of hydrogen-bond acceptors (Lipinski definition) is 2. The summed E-state index contributed by atoms with van der Waals surface area (Å²) in [4.78, 5) is 0. The van der Waals surface area contributed by atoms with Crippen LogP contribution in [0.1, 0.15) is 43.2 Å². The molecule has 2 rings (SSSR count). The van der Waals surface area contributed by atoms with E-state index in [0.29, 0.717) is 6.54 Å². The van der Waals surface area contributed by atoms with Crippen LogP contribution >= 0.6 is 0 Å². The number of aromatic amines is 1. The molecule has 3 heteroatoms. The summed E-state index contributed by atoms with van der Waals surface area (Å²) in [5, 5.41) is 7.56. The summed E-state index contributed by atoms with van der Waals surface area (Å²) in [5.74, 6) is 0. The van der Waals surface area contributed by atoms with Gasteiger partial charge in [0, 0.05) is 16.8 Å². The van der Waals surface area contributed by atoms with Crippen molar-refractivity contribution < 1.29 is 0 Å². The fourth-order valence-corrected chi connectivity index (χ4v) is 2.52. The predicted molar refractivity (Wildman–Crippen MR) is 85.0 cm³/mol. The molecule has 1 aromatic carbocycles. The van der Waals surface area contributed by atoms with Gasteiger partial charge in [0.2, 0.25) is 0 Å². The lowest BCUT2D eigenvalue weighted by Crippen LogP contribution is -2.11. The molecular formula is C17H25N3. The number of H-pyrrole nitrogens is 1. The molecule has 0 amide bonds. The SMILES string of the molecule is Cc1cc(C(C)(C)C)ccc1-c1n[nH]c(C)c1CCN. The molecule has 0 aliphatic rings. The van der Waals surface area contributed by atoms with E-state index in [-0.39, 0.29) is 5.41 Å². The summed E-state index contributed by atoms with van der Waals surface area (Å²) in [5.41, 5.74) is 13.1. The van der Waals surface area contributed by atoms with Gasteiger partial charge in [-0.25, -0.2) is 0 Å². The molecule has 0 aliphatic heterocycles. The van der Waals surface area contributed by atoms with E-state index in [9.17, 15) is 0 Å². The van der Waals surface area contributed by atoms with Crippen molar-refractivity contribution in [3.05, 3.63) is 40.6 Å². The van der Waals surface area contributed by atoms with E-state index in [2.05, 4.69) is 63.0 Å². The van der Waals surface area contributed by atoms with Crippen molar-refractivity contribution >= 4 is 0 Å². The first-order valence-corrected chi connectivity index (χ1v) is 7.20. The zero-order valence-corrected chi connectivity index (χ0v) is 13.2. The average molecular weight is 271 g/mol. The molecule has 3 nitrogen and oxygen atoms in total. The van der Waals surface area contributed by atoms with Crippen LogP contribution in [0.25, 0.3) is 11.3 Å². The van der Waals surface area contributed by atoms with Gasteiger partial charge >= 0.3 is 0 Å². The number of rotatable bonds is 3. The van der Waals surface area contributed by atoms with Crippen LogP contribution in [0, 0.1) is 13.8 Å². The van der Waals surface area contributed by atoms with Crippen LogP contribution in [0.4, 0.5) is 0 Å². The maximum absolute atomic E-state index is 5.71. The Morgan fingerprint density at radius 3 is 2.45 bits per heavy atom. The van der Waals surface area contributed by atoms with E-state index in [1.165, 1.54) is 22.3 Å². The third-order valence-electron chi connectivity index (χ3n) is 3.82. The van der Waals surface area contributed by atoms with Gasteiger partial charge in [0.25, 0.3) is 0 Å². The van der Waals surface area contributed by atoms with Gasteiger partial charge in [-0.05, 0) is 43.4 Å². The molecule has 2 aromatic rings. The van der Waals surface area contributed by atoms with Crippen molar-refractivity contribution in [3.8, 4) is 11.3 Å². The van der Waals surface area contributed by atoms with Crippen LogP contribution in [0.2, 0.25) is 0 Å². The Kier molecular flexibility index (Phi) is 4.00. The maximum Gasteiger partial charge on any atom is 0.0958 e. The number of hydrogen-bond donors (Lipinski definition) is 2. The molecule has 20 heavy (non-hydrogen) atoms. The molecule has 0 fully saturated rings. The van der Waals surface area contributed by atoms with E-state index >= 15 is 0 Å². The molecular weight excluding hydrogens is 246 g/mol. The van der Waals surface area contributed by atoms with Crippen LogP contribution in [-0.2, 0) is 11.8 Å². The summed E-state index contributed by atoms with van der Waals surface area (Å²) in [6, 6.07) is 6.66. The van der Waals surface area contributed by atoms with Gasteiger partial charge in [0.1, 0.15) is 0 Å². The van der Waals surface area contributed by atoms with Crippen LogP contribution in [-0.4, -0.2) is 16.7 Å². The molecule has 3 N–H and O–H groups in total. The Bertz CT molecular complexity index is 603. The van der Waals surface area contributed by atoms with Gasteiger partial charge < -0.3 is 5.73 Å². The highest BCUT2D eigenvalue weighted by atomic mass is 15.1. The second kappa shape index (κ2) is 5.41. The summed E-state index contributed by atoms with van der Waals surface area (Å²) in [6.07, 6.45) is 0.859. The number of aryl methyl sites for hydroxylation is 2. The van der Waals surface area contributed by atoms with E-state index < -0.39 is 0 Å². The Hall–Kier alpha value is -1.61.